The van der Waals surface area contributed by atoms with Gasteiger partial charge in [-0.05, 0) is 38.6 Å². The van der Waals surface area contributed by atoms with Crippen molar-refractivity contribution in [2.75, 3.05) is 13.6 Å². The predicted octanol–water partition coefficient (Wildman–Crippen LogP) is 2.02. The summed E-state index contributed by atoms with van der Waals surface area (Å²) >= 11 is 6.19. The van der Waals surface area contributed by atoms with Crippen molar-refractivity contribution in [2.24, 2.45) is 0 Å². The van der Waals surface area contributed by atoms with Crippen LogP contribution in [0.3, 0.4) is 0 Å². The molecule has 0 N–H and O–H groups in total. The van der Waals surface area contributed by atoms with Crippen LogP contribution in [0.4, 0.5) is 0 Å². The molecular weight excluding hydrogens is 236 g/mol. The van der Waals surface area contributed by atoms with E-state index < -0.39 is 0 Å². The van der Waals surface area contributed by atoms with Gasteiger partial charge in [-0.15, -0.1) is 10.2 Å². The Morgan fingerprint density at radius 2 is 2.29 bits per heavy atom. The Labute approximate surface area is 105 Å². The molecule has 0 aromatic carbocycles. The van der Waals surface area contributed by atoms with Gasteiger partial charge in [-0.2, -0.15) is 0 Å². The van der Waals surface area contributed by atoms with Crippen LogP contribution in [0.5, 0.6) is 0 Å². The van der Waals surface area contributed by atoms with Gasteiger partial charge < -0.3 is 4.90 Å². The van der Waals surface area contributed by atoms with Crippen LogP contribution in [-0.2, 0) is 6.42 Å². The number of likely N-dealkylation sites (N-methyl/N-ethyl adjacent to an activating group) is 1. The lowest BCUT2D eigenvalue weighted by Gasteiger charge is -2.18. The normalized spacial score (nSPS) is 21.4. The molecule has 0 aliphatic carbocycles. The van der Waals surface area contributed by atoms with Crippen molar-refractivity contribution in [3.8, 4) is 0 Å². The smallest absolute Gasteiger partial charge is 0.161 e. The molecule has 3 heterocycles. The summed E-state index contributed by atoms with van der Waals surface area (Å²) in [4.78, 5) is 2.39. The molecular formula is C12H15ClN4. The molecule has 1 fully saturated rings. The van der Waals surface area contributed by atoms with E-state index in [4.69, 9.17) is 11.6 Å². The minimum atomic E-state index is 0.568. The monoisotopic (exact) mass is 250 g/mol. The van der Waals surface area contributed by atoms with Gasteiger partial charge in [0.25, 0.3) is 0 Å². The molecule has 1 atom stereocenters. The molecule has 3 rings (SSSR count). The van der Waals surface area contributed by atoms with Crippen LogP contribution >= 0.6 is 11.6 Å². The fourth-order valence-corrected chi connectivity index (χ4v) is 2.80. The third-order valence-corrected chi connectivity index (χ3v) is 3.83. The third-order valence-electron chi connectivity index (χ3n) is 3.54. The first kappa shape index (κ1) is 11.0. The summed E-state index contributed by atoms with van der Waals surface area (Å²) in [5, 5.41) is 9.10. The Kier molecular flexibility index (Phi) is 2.76. The molecule has 1 saturated heterocycles. The second-order valence-corrected chi connectivity index (χ2v) is 5.03. The first-order chi connectivity index (χ1) is 8.25. The molecule has 2 aromatic heterocycles. The topological polar surface area (TPSA) is 33.4 Å². The van der Waals surface area contributed by atoms with Gasteiger partial charge in [0.15, 0.2) is 5.65 Å². The van der Waals surface area contributed by atoms with Crippen LogP contribution in [-0.4, -0.2) is 39.1 Å². The summed E-state index contributed by atoms with van der Waals surface area (Å²) < 4.78 is 1.94. The predicted molar refractivity (Wildman–Crippen MR) is 67.4 cm³/mol. The van der Waals surface area contributed by atoms with Gasteiger partial charge in [0.05, 0.1) is 0 Å². The highest BCUT2D eigenvalue weighted by Crippen LogP contribution is 2.20. The Morgan fingerprint density at radius 3 is 3.06 bits per heavy atom. The van der Waals surface area contributed by atoms with Crippen molar-refractivity contribution < 1.29 is 0 Å². The van der Waals surface area contributed by atoms with E-state index in [2.05, 4.69) is 22.1 Å². The van der Waals surface area contributed by atoms with Gasteiger partial charge in [-0.1, -0.05) is 17.7 Å². The lowest BCUT2D eigenvalue weighted by atomic mass is 10.1. The number of halogens is 1. The highest BCUT2D eigenvalue weighted by atomic mass is 35.5. The fourth-order valence-electron chi connectivity index (χ4n) is 2.54. The Balaban J connectivity index is 1.95. The van der Waals surface area contributed by atoms with E-state index in [1.807, 2.05) is 22.6 Å². The number of pyridine rings is 1. The lowest BCUT2D eigenvalue weighted by molar-refractivity contribution is 0.305. The number of hydrogen-bond acceptors (Lipinski definition) is 3. The van der Waals surface area contributed by atoms with Crippen molar-refractivity contribution >= 4 is 17.2 Å². The van der Waals surface area contributed by atoms with Gasteiger partial charge in [0, 0.05) is 12.5 Å². The SMILES string of the molecule is CN1CCCC1Cc1nnc2cccc(Cl)n12. The zero-order chi connectivity index (χ0) is 11.8. The quantitative estimate of drug-likeness (QED) is 0.765. The molecule has 2 aromatic rings. The number of nitrogens with zero attached hydrogens (tertiary/aromatic N) is 4. The minimum absolute atomic E-state index is 0.568. The third kappa shape index (κ3) is 1.91. The average molecular weight is 251 g/mol. The number of likely N-dealkylation sites (tertiary alicyclic amines) is 1. The second-order valence-electron chi connectivity index (χ2n) is 4.64. The van der Waals surface area contributed by atoms with E-state index >= 15 is 0 Å². The van der Waals surface area contributed by atoms with Crippen molar-refractivity contribution in [1.29, 1.82) is 0 Å². The molecule has 0 radical (unpaired) electrons. The molecule has 5 heteroatoms. The average Bonchev–Trinajstić information content (AvgIpc) is 2.89. The molecule has 90 valence electrons. The van der Waals surface area contributed by atoms with E-state index in [0.29, 0.717) is 11.2 Å². The summed E-state index contributed by atoms with van der Waals surface area (Å²) in [6.45, 7) is 1.18. The minimum Gasteiger partial charge on any atom is -0.303 e. The first-order valence-corrected chi connectivity index (χ1v) is 6.32. The van der Waals surface area contributed by atoms with Gasteiger partial charge in [-0.3, -0.25) is 4.40 Å². The molecule has 17 heavy (non-hydrogen) atoms. The van der Waals surface area contributed by atoms with Crippen molar-refractivity contribution in [1.82, 2.24) is 19.5 Å². The van der Waals surface area contributed by atoms with Crippen LogP contribution in [0.2, 0.25) is 5.15 Å². The molecule has 0 bridgehead atoms. The highest BCUT2D eigenvalue weighted by molar-refractivity contribution is 6.29. The molecule has 0 spiro atoms. The van der Waals surface area contributed by atoms with E-state index in [-0.39, 0.29) is 0 Å². The summed E-state index contributed by atoms with van der Waals surface area (Å²) in [5.41, 5.74) is 0.827. The number of rotatable bonds is 2. The van der Waals surface area contributed by atoms with Crippen LogP contribution in [0.25, 0.3) is 5.65 Å². The first-order valence-electron chi connectivity index (χ1n) is 5.94. The second kappa shape index (κ2) is 4.27. The van der Waals surface area contributed by atoms with Crippen molar-refractivity contribution in [3.63, 3.8) is 0 Å². The van der Waals surface area contributed by atoms with E-state index in [0.717, 1.165) is 17.9 Å². The van der Waals surface area contributed by atoms with Crippen LogP contribution in [0, 0.1) is 0 Å². The largest absolute Gasteiger partial charge is 0.303 e. The maximum absolute atomic E-state index is 6.19. The summed E-state index contributed by atoms with van der Waals surface area (Å²) in [5.74, 6) is 0.962. The van der Waals surface area contributed by atoms with Crippen molar-refractivity contribution in [2.45, 2.75) is 25.3 Å². The number of fused-ring (bicyclic) bond motifs is 1. The van der Waals surface area contributed by atoms with E-state index in [1.165, 1.54) is 19.4 Å². The van der Waals surface area contributed by atoms with E-state index in [9.17, 15) is 0 Å². The highest BCUT2D eigenvalue weighted by Gasteiger charge is 2.23. The van der Waals surface area contributed by atoms with Gasteiger partial charge in [-0.25, -0.2) is 0 Å². The van der Waals surface area contributed by atoms with Crippen LogP contribution in [0.1, 0.15) is 18.7 Å². The summed E-state index contributed by atoms with van der Waals surface area (Å²) in [7, 11) is 2.17. The maximum atomic E-state index is 6.19. The Morgan fingerprint density at radius 1 is 1.41 bits per heavy atom. The van der Waals surface area contributed by atoms with E-state index in [1.54, 1.807) is 0 Å². The Bertz CT molecular complexity index is 536. The maximum Gasteiger partial charge on any atom is 0.161 e. The molecule has 1 aliphatic heterocycles. The summed E-state index contributed by atoms with van der Waals surface area (Å²) in [6, 6.07) is 6.27. The van der Waals surface area contributed by atoms with Crippen LogP contribution < -0.4 is 0 Å². The molecule has 0 saturated carbocycles. The Hall–Kier alpha value is -1.13. The molecule has 1 unspecified atom stereocenters. The fraction of sp³-hybridized carbons (Fsp3) is 0.500. The molecule has 1 aliphatic rings. The molecule has 4 nitrogen and oxygen atoms in total. The van der Waals surface area contributed by atoms with Gasteiger partial charge in [0.1, 0.15) is 11.0 Å². The standard InChI is InChI=1S/C12H15ClN4/c1-16-7-3-4-9(16)8-12-15-14-11-6-2-5-10(13)17(11)12/h2,5-6,9H,3-4,7-8H2,1H3. The lowest BCUT2D eigenvalue weighted by Crippen LogP contribution is -2.27. The zero-order valence-corrected chi connectivity index (χ0v) is 10.6. The number of hydrogen-bond donors (Lipinski definition) is 0. The summed E-state index contributed by atoms with van der Waals surface area (Å²) in [6.07, 6.45) is 3.42. The van der Waals surface area contributed by atoms with Crippen molar-refractivity contribution in [3.05, 3.63) is 29.2 Å². The number of aromatic nitrogens is 3. The van der Waals surface area contributed by atoms with Crippen LogP contribution in [0.15, 0.2) is 18.2 Å². The molecule has 0 amide bonds. The van der Waals surface area contributed by atoms with Gasteiger partial charge in [0.2, 0.25) is 0 Å². The van der Waals surface area contributed by atoms with Gasteiger partial charge >= 0.3 is 0 Å². The zero-order valence-electron chi connectivity index (χ0n) is 9.80.